The maximum absolute atomic E-state index is 15.6. The number of carboxylic acid groups (broad SMARTS) is 1. The number of carbonyl (C=O) groups excluding carboxylic acids is 1. The van der Waals surface area contributed by atoms with Crippen molar-refractivity contribution >= 4 is 73.4 Å². The minimum Gasteiger partial charge on any atom is -0.465 e. The highest BCUT2D eigenvalue weighted by Crippen LogP contribution is 2.61. The lowest BCUT2D eigenvalue weighted by Crippen LogP contribution is -2.61. The maximum Gasteiger partial charge on any atom is 0.409 e. The van der Waals surface area contributed by atoms with E-state index in [0.717, 1.165) is 3.57 Å². The Hall–Kier alpha value is -1.85. The van der Waals surface area contributed by atoms with Gasteiger partial charge in [-0.2, -0.15) is 5.26 Å². The van der Waals surface area contributed by atoms with Gasteiger partial charge in [-0.25, -0.2) is 19.0 Å². The largest absolute Gasteiger partial charge is 0.465 e. The Bertz CT molecular complexity index is 1310. The number of amides is 2. The summed E-state index contributed by atoms with van der Waals surface area (Å²) in [6.07, 6.45) is 1.39. The van der Waals surface area contributed by atoms with Crippen molar-refractivity contribution in [1.29, 1.82) is 5.26 Å². The van der Waals surface area contributed by atoms with E-state index in [4.69, 9.17) is 10.00 Å². The Morgan fingerprint density at radius 1 is 1.47 bits per heavy atom. The minimum absolute atomic E-state index is 0.0703. The maximum atomic E-state index is 15.6. The lowest BCUT2D eigenvalue weighted by molar-refractivity contribution is 0.0178. The summed E-state index contributed by atoms with van der Waals surface area (Å²) in [6, 6.07) is 3.28. The Labute approximate surface area is 234 Å². The first-order valence-corrected chi connectivity index (χ1v) is 14.4. The number of nitrogens with one attached hydrogen (secondary N) is 1. The topological polar surface area (TPSA) is 116 Å². The summed E-state index contributed by atoms with van der Waals surface area (Å²) in [7, 11) is 0. The fourth-order valence-electron chi connectivity index (χ4n) is 5.19. The quantitative estimate of drug-likeness (QED) is 0.269. The molecule has 1 aromatic carbocycles. The van der Waals surface area contributed by atoms with Crippen LogP contribution >= 0.6 is 50.3 Å². The van der Waals surface area contributed by atoms with Gasteiger partial charge in [0.1, 0.15) is 21.8 Å². The summed E-state index contributed by atoms with van der Waals surface area (Å²) < 4.78 is 22.0. The molecule has 5 rings (SSSR count). The number of alkyl carbamates (subject to hydrolysis) is 1. The predicted octanol–water partition coefficient (Wildman–Crippen LogP) is 6.58. The van der Waals surface area contributed by atoms with Gasteiger partial charge in [-0.3, -0.25) is 10.2 Å². The first-order chi connectivity index (χ1) is 16.8. The molecule has 1 unspecified atom stereocenters. The van der Waals surface area contributed by atoms with Crippen molar-refractivity contribution in [2.45, 2.75) is 68.8 Å². The van der Waals surface area contributed by atoms with E-state index in [1.165, 1.54) is 16.7 Å². The molecule has 3 heterocycles. The van der Waals surface area contributed by atoms with Crippen LogP contribution in [-0.2, 0) is 11.2 Å². The van der Waals surface area contributed by atoms with Crippen molar-refractivity contribution < 1.29 is 23.8 Å². The molecular weight excluding hydrogens is 666 g/mol. The van der Waals surface area contributed by atoms with Gasteiger partial charge in [-0.05, 0) is 102 Å². The molecule has 1 aromatic heterocycles. The molecule has 2 bridgehead atoms. The normalized spacial score (nSPS) is 22.8. The van der Waals surface area contributed by atoms with E-state index in [1.54, 1.807) is 26.8 Å². The number of pyridine rings is 1. The fourth-order valence-corrected chi connectivity index (χ4v) is 7.56. The highest BCUT2D eigenvalue weighted by atomic mass is 127. The number of fused-ring (bicyclic) bond motifs is 2. The monoisotopic (exact) mass is 690 g/mol. The lowest BCUT2D eigenvalue weighted by atomic mass is 9.76. The molecule has 2 N–H and O–H groups in total. The van der Waals surface area contributed by atoms with Gasteiger partial charge < -0.3 is 9.84 Å². The summed E-state index contributed by atoms with van der Waals surface area (Å²) in [5, 5.41) is 23.3. The fraction of sp³-hybridized carbons (Fsp3) is 0.500. The Kier molecular flexibility index (Phi) is 7.40. The lowest BCUT2D eigenvalue weighted by Gasteiger charge is -2.41. The van der Waals surface area contributed by atoms with Crippen molar-refractivity contribution in [3.8, 4) is 6.07 Å². The third-order valence-electron chi connectivity index (χ3n) is 6.50. The van der Waals surface area contributed by atoms with E-state index in [1.807, 2.05) is 6.26 Å². The van der Waals surface area contributed by atoms with E-state index in [0.29, 0.717) is 40.8 Å². The molecule has 2 saturated heterocycles. The molecule has 1 saturated carbocycles. The molecule has 3 fully saturated rings. The van der Waals surface area contributed by atoms with Crippen LogP contribution in [0.5, 0.6) is 0 Å². The molecule has 0 radical (unpaired) electrons. The smallest absolute Gasteiger partial charge is 0.409 e. The molecule has 36 heavy (non-hydrogen) atoms. The molecule has 2 aromatic rings. The van der Waals surface area contributed by atoms with Crippen molar-refractivity contribution in [1.82, 2.24) is 15.2 Å². The van der Waals surface area contributed by atoms with Crippen LogP contribution < -0.4 is 5.32 Å². The second-order valence-corrected chi connectivity index (χ2v) is 12.7. The van der Waals surface area contributed by atoms with Crippen molar-refractivity contribution in [2.75, 3.05) is 6.26 Å². The number of thioether (sulfide) groups is 1. The number of aromatic nitrogens is 1. The van der Waals surface area contributed by atoms with Gasteiger partial charge in [-0.15, -0.1) is 11.8 Å². The number of halogens is 3. The standard InChI is InChI=1S/C24H25BrFIN4O4S/c1-23(2,3)35-21(32)30-24-9-12(10-24)19(31(24)22(33)34)14-13-8-11(6-5-7-28)15(25)16(26)18(13)29-20(36-4)17(14)27/h8,12,19H,5-6,9-10H2,1-4H3,(H,30,32)(H,33,34). The zero-order valence-electron chi connectivity index (χ0n) is 20.1. The third kappa shape index (κ3) is 4.62. The third-order valence-corrected chi connectivity index (χ3v) is 9.50. The van der Waals surface area contributed by atoms with Crippen molar-refractivity contribution in [2.24, 2.45) is 5.92 Å². The Balaban J connectivity index is 1.87. The van der Waals surface area contributed by atoms with Crippen LogP contribution in [0.25, 0.3) is 10.9 Å². The Morgan fingerprint density at radius 2 is 2.14 bits per heavy atom. The number of aryl methyl sites for hydroxylation is 1. The van der Waals surface area contributed by atoms with Gasteiger partial charge in [0.15, 0.2) is 5.82 Å². The van der Waals surface area contributed by atoms with Crippen LogP contribution in [0, 0.1) is 26.6 Å². The van der Waals surface area contributed by atoms with Gasteiger partial charge in [0, 0.05) is 17.4 Å². The molecule has 1 atom stereocenters. The summed E-state index contributed by atoms with van der Waals surface area (Å²) in [4.78, 5) is 31.1. The summed E-state index contributed by atoms with van der Waals surface area (Å²) in [5.74, 6) is -0.610. The van der Waals surface area contributed by atoms with Gasteiger partial charge in [0.25, 0.3) is 0 Å². The van der Waals surface area contributed by atoms with E-state index in [9.17, 15) is 14.7 Å². The van der Waals surface area contributed by atoms with Gasteiger partial charge >= 0.3 is 12.2 Å². The molecule has 3 aliphatic rings. The zero-order valence-corrected chi connectivity index (χ0v) is 24.7. The summed E-state index contributed by atoms with van der Waals surface area (Å²) in [6.45, 7) is 5.23. The van der Waals surface area contributed by atoms with Crippen LogP contribution in [0.3, 0.4) is 0 Å². The molecule has 0 spiro atoms. The molecule has 12 heteroatoms. The van der Waals surface area contributed by atoms with Gasteiger partial charge in [0.2, 0.25) is 0 Å². The average molecular weight is 691 g/mol. The molecule has 1 aliphatic carbocycles. The highest BCUT2D eigenvalue weighted by molar-refractivity contribution is 14.1. The van der Waals surface area contributed by atoms with Crippen LogP contribution in [0.4, 0.5) is 14.0 Å². The number of nitrogens with zero attached hydrogens (tertiary/aromatic N) is 3. The molecular formula is C24H25BrFIN4O4S. The zero-order chi connectivity index (χ0) is 26.6. The van der Waals surface area contributed by atoms with Gasteiger partial charge in [-0.1, -0.05) is 0 Å². The number of hydrogen-bond donors (Lipinski definition) is 2. The first kappa shape index (κ1) is 27.2. The minimum atomic E-state index is -1.18. The summed E-state index contributed by atoms with van der Waals surface area (Å²) in [5.41, 5.74) is -0.395. The molecule has 2 aliphatic heterocycles. The van der Waals surface area contributed by atoms with E-state index < -0.39 is 35.3 Å². The molecule has 192 valence electrons. The van der Waals surface area contributed by atoms with Crippen LogP contribution in [0.1, 0.15) is 57.2 Å². The number of benzene rings is 1. The second-order valence-electron chi connectivity index (χ2n) is 9.99. The number of carbonyl (C=O) groups is 2. The van der Waals surface area contributed by atoms with Gasteiger partial charge in [0.05, 0.1) is 20.2 Å². The number of hydrogen-bond acceptors (Lipinski definition) is 6. The summed E-state index contributed by atoms with van der Waals surface area (Å²) >= 11 is 6.83. The number of ether oxygens (including phenoxy) is 1. The van der Waals surface area contributed by atoms with E-state index >= 15 is 4.39 Å². The average Bonchev–Trinajstić information content (AvgIpc) is 3.23. The Morgan fingerprint density at radius 3 is 2.69 bits per heavy atom. The highest BCUT2D eigenvalue weighted by Gasteiger charge is 2.65. The van der Waals surface area contributed by atoms with Crippen molar-refractivity contribution in [3.63, 3.8) is 0 Å². The van der Waals surface area contributed by atoms with Crippen LogP contribution in [0.15, 0.2) is 15.6 Å². The molecule has 8 nitrogen and oxygen atoms in total. The second kappa shape index (κ2) is 9.79. The SMILES string of the molecule is CSc1nc2c(F)c(Br)c(CCC#N)cc2c(C2C3CC(NC(=O)OC(C)(C)C)(C3)N2C(=O)O)c1I. The number of nitriles is 1. The van der Waals surface area contributed by atoms with Crippen LogP contribution in [-0.4, -0.2) is 44.7 Å². The van der Waals surface area contributed by atoms with Crippen molar-refractivity contribution in [3.05, 3.63) is 31.1 Å². The predicted molar refractivity (Wildman–Crippen MR) is 145 cm³/mol. The van der Waals surface area contributed by atoms with Crippen LogP contribution in [0.2, 0.25) is 0 Å². The van der Waals surface area contributed by atoms with E-state index in [2.05, 4.69) is 54.9 Å². The first-order valence-electron chi connectivity index (χ1n) is 11.3. The van der Waals surface area contributed by atoms with E-state index in [-0.39, 0.29) is 22.3 Å². The number of rotatable bonds is 5. The molecule has 2 amide bonds.